The van der Waals surface area contributed by atoms with Gasteiger partial charge in [0, 0.05) is 12.1 Å². The topological polar surface area (TPSA) is 49.7 Å². The third kappa shape index (κ3) is 1.43. The van der Waals surface area contributed by atoms with Crippen molar-refractivity contribution in [3.8, 4) is 0 Å². The summed E-state index contributed by atoms with van der Waals surface area (Å²) in [7, 11) is 0. The van der Waals surface area contributed by atoms with Crippen LogP contribution in [0.4, 0.5) is 0 Å². The molecule has 0 bridgehead atoms. The number of carboxylic acid groups (broad SMARTS) is 1. The van der Waals surface area contributed by atoms with Gasteiger partial charge < -0.3 is 5.11 Å². The zero-order valence-electron chi connectivity index (χ0n) is 5.74. The smallest absolute Gasteiger partial charge is 0.333 e. The molecule has 0 fully saturated rings. The van der Waals surface area contributed by atoms with Gasteiger partial charge >= 0.3 is 5.97 Å². The predicted octanol–water partition coefficient (Wildman–Crippen LogP) is 0.718. The largest absolute Gasteiger partial charge is 0.478 e. The van der Waals surface area contributed by atoms with Gasteiger partial charge in [-0.15, -0.1) is 0 Å². The van der Waals surface area contributed by atoms with Crippen LogP contribution in [0.5, 0.6) is 0 Å². The lowest BCUT2D eigenvalue weighted by Crippen LogP contribution is -2.11. The van der Waals surface area contributed by atoms with E-state index in [-0.39, 0.29) is 5.92 Å². The number of allylic oxidation sites excluding steroid dienone is 1. The van der Waals surface area contributed by atoms with E-state index >= 15 is 0 Å². The van der Waals surface area contributed by atoms with Gasteiger partial charge in [-0.2, -0.15) is 0 Å². The molecule has 1 atom stereocenters. The van der Waals surface area contributed by atoms with Crippen LogP contribution in [0, 0.1) is 5.92 Å². The number of nitrogens with zero attached hydrogens (tertiary/aromatic N) is 1. The summed E-state index contributed by atoms with van der Waals surface area (Å²) in [6.07, 6.45) is 3.47. The van der Waals surface area contributed by atoms with Crippen molar-refractivity contribution in [2.75, 3.05) is 6.54 Å². The van der Waals surface area contributed by atoms with Crippen molar-refractivity contribution in [2.45, 2.75) is 6.92 Å². The molecule has 0 saturated carbocycles. The molecule has 1 aliphatic rings. The molecule has 0 radical (unpaired) electrons. The van der Waals surface area contributed by atoms with E-state index in [9.17, 15) is 4.79 Å². The number of aliphatic imine (C=N–C) groups is 1. The van der Waals surface area contributed by atoms with Crippen LogP contribution in [-0.2, 0) is 4.79 Å². The Morgan fingerprint density at radius 1 is 1.90 bits per heavy atom. The van der Waals surface area contributed by atoms with Crippen molar-refractivity contribution >= 4 is 12.2 Å². The number of aliphatic carboxylic acids is 1. The molecule has 0 spiro atoms. The average molecular weight is 139 g/mol. The molecule has 3 nitrogen and oxygen atoms in total. The van der Waals surface area contributed by atoms with Crippen molar-refractivity contribution in [1.29, 1.82) is 0 Å². The molecule has 54 valence electrons. The minimum atomic E-state index is -0.858. The van der Waals surface area contributed by atoms with Gasteiger partial charge in [-0.1, -0.05) is 13.0 Å². The molecular weight excluding hydrogens is 130 g/mol. The highest BCUT2D eigenvalue weighted by Gasteiger charge is 2.10. The van der Waals surface area contributed by atoms with Crippen LogP contribution in [0.15, 0.2) is 16.6 Å². The molecule has 1 N–H and O–H groups in total. The summed E-state index contributed by atoms with van der Waals surface area (Å²) in [5.74, 6) is -0.691. The van der Waals surface area contributed by atoms with Gasteiger partial charge in [0.15, 0.2) is 0 Å². The summed E-state index contributed by atoms with van der Waals surface area (Å²) < 4.78 is 0. The number of rotatable bonds is 1. The Hall–Kier alpha value is -1.12. The summed E-state index contributed by atoms with van der Waals surface area (Å²) >= 11 is 0. The Bertz CT molecular complexity index is 206. The van der Waals surface area contributed by atoms with Crippen LogP contribution in [-0.4, -0.2) is 23.8 Å². The van der Waals surface area contributed by atoms with E-state index in [1.165, 1.54) is 0 Å². The highest BCUT2D eigenvalue weighted by atomic mass is 16.4. The minimum Gasteiger partial charge on any atom is -0.478 e. The van der Waals surface area contributed by atoms with Crippen LogP contribution in [0.25, 0.3) is 0 Å². The van der Waals surface area contributed by atoms with Gasteiger partial charge in [-0.25, -0.2) is 4.79 Å². The van der Waals surface area contributed by atoms with Gasteiger partial charge in [0.2, 0.25) is 0 Å². The van der Waals surface area contributed by atoms with E-state index in [2.05, 4.69) is 4.99 Å². The second kappa shape index (κ2) is 2.64. The van der Waals surface area contributed by atoms with Crippen molar-refractivity contribution < 1.29 is 9.90 Å². The van der Waals surface area contributed by atoms with E-state index in [0.29, 0.717) is 12.1 Å². The first-order chi connectivity index (χ1) is 4.70. The van der Waals surface area contributed by atoms with Crippen molar-refractivity contribution in [1.82, 2.24) is 0 Å². The van der Waals surface area contributed by atoms with Crippen LogP contribution in [0.2, 0.25) is 0 Å². The zero-order valence-corrected chi connectivity index (χ0v) is 5.74. The first kappa shape index (κ1) is 6.99. The summed E-state index contributed by atoms with van der Waals surface area (Å²) in [6, 6.07) is 0. The molecular formula is C7H9NO2. The molecule has 0 saturated heterocycles. The molecule has 1 aliphatic heterocycles. The molecule has 1 heterocycles. The fourth-order valence-electron chi connectivity index (χ4n) is 0.869. The summed E-state index contributed by atoms with van der Waals surface area (Å²) in [6.45, 7) is 2.23. The van der Waals surface area contributed by atoms with Crippen molar-refractivity contribution in [3.63, 3.8) is 0 Å². The standard InChI is InChI=1S/C7H9NO2/c1-5-2-6(7(9)10)4-8-3-5/h2-3,5H,4H2,1H3,(H,9,10). The van der Waals surface area contributed by atoms with Gasteiger partial charge in [-0.3, -0.25) is 4.99 Å². The number of dihydropyridines is 1. The van der Waals surface area contributed by atoms with E-state index in [1.54, 1.807) is 12.3 Å². The van der Waals surface area contributed by atoms with Gasteiger partial charge in [0.1, 0.15) is 0 Å². The zero-order chi connectivity index (χ0) is 7.56. The third-order valence-corrected chi connectivity index (χ3v) is 1.34. The van der Waals surface area contributed by atoms with E-state index in [0.717, 1.165) is 0 Å². The minimum absolute atomic E-state index is 0.167. The lowest BCUT2D eigenvalue weighted by atomic mass is 10.1. The highest BCUT2D eigenvalue weighted by molar-refractivity contribution is 5.89. The number of hydrogen-bond donors (Lipinski definition) is 1. The third-order valence-electron chi connectivity index (χ3n) is 1.34. The van der Waals surface area contributed by atoms with Crippen LogP contribution in [0.3, 0.4) is 0 Å². The fraction of sp³-hybridized carbons (Fsp3) is 0.429. The monoisotopic (exact) mass is 139 g/mol. The second-order valence-electron chi connectivity index (χ2n) is 2.35. The molecule has 10 heavy (non-hydrogen) atoms. The Labute approximate surface area is 59.1 Å². The van der Waals surface area contributed by atoms with Crippen molar-refractivity contribution in [3.05, 3.63) is 11.6 Å². The van der Waals surface area contributed by atoms with Crippen LogP contribution < -0.4 is 0 Å². The van der Waals surface area contributed by atoms with E-state index in [1.807, 2.05) is 6.92 Å². The Balaban J connectivity index is 2.71. The van der Waals surface area contributed by atoms with E-state index < -0.39 is 5.97 Å². The molecule has 3 heteroatoms. The molecule has 1 rings (SSSR count). The number of hydrogen-bond acceptors (Lipinski definition) is 2. The Morgan fingerprint density at radius 2 is 2.60 bits per heavy atom. The van der Waals surface area contributed by atoms with Crippen LogP contribution in [0.1, 0.15) is 6.92 Å². The van der Waals surface area contributed by atoms with Crippen LogP contribution >= 0.6 is 0 Å². The summed E-state index contributed by atoms with van der Waals surface area (Å²) in [5, 5.41) is 8.51. The first-order valence-electron chi connectivity index (χ1n) is 3.14. The molecule has 0 aromatic rings. The molecule has 0 aromatic carbocycles. The normalized spacial score (nSPS) is 24.1. The maximum absolute atomic E-state index is 10.4. The summed E-state index contributed by atoms with van der Waals surface area (Å²) in [5.41, 5.74) is 0.398. The lowest BCUT2D eigenvalue weighted by molar-refractivity contribution is -0.132. The molecule has 0 amide bonds. The first-order valence-corrected chi connectivity index (χ1v) is 3.14. The van der Waals surface area contributed by atoms with Gasteiger partial charge in [0.25, 0.3) is 0 Å². The van der Waals surface area contributed by atoms with Gasteiger partial charge in [-0.05, 0) is 0 Å². The Morgan fingerprint density at radius 3 is 3.00 bits per heavy atom. The Kier molecular flexibility index (Phi) is 1.85. The molecule has 0 aromatic heterocycles. The fourth-order valence-corrected chi connectivity index (χ4v) is 0.869. The SMILES string of the molecule is CC1C=NCC(C(=O)O)=C1. The second-order valence-corrected chi connectivity index (χ2v) is 2.35. The number of carboxylic acids is 1. The quantitative estimate of drug-likeness (QED) is 0.581. The number of carbonyl (C=O) groups is 1. The maximum atomic E-state index is 10.4. The summed E-state index contributed by atoms with van der Waals surface area (Å²) in [4.78, 5) is 14.2. The average Bonchev–Trinajstić information content (AvgIpc) is 1.88. The maximum Gasteiger partial charge on any atom is 0.333 e. The molecule has 0 aliphatic carbocycles. The highest BCUT2D eigenvalue weighted by Crippen LogP contribution is 2.07. The van der Waals surface area contributed by atoms with Gasteiger partial charge in [0.05, 0.1) is 12.1 Å². The molecule has 1 unspecified atom stereocenters. The van der Waals surface area contributed by atoms with Crippen molar-refractivity contribution in [2.24, 2.45) is 10.9 Å². The lowest BCUT2D eigenvalue weighted by Gasteiger charge is -2.06. The predicted molar refractivity (Wildman–Crippen MR) is 38.2 cm³/mol. The van der Waals surface area contributed by atoms with E-state index in [4.69, 9.17) is 5.11 Å².